The molecule has 6 nitrogen and oxygen atoms in total. The predicted molar refractivity (Wildman–Crippen MR) is 121 cm³/mol. The fourth-order valence-corrected chi connectivity index (χ4v) is 3.76. The minimum atomic E-state index is -0.0905. The van der Waals surface area contributed by atoms with Crippen LogP contribution in [-0.2, 0) is 17.6 Å². The first-order valence-corrected chi connectivity index (χ1v) is 11.0. The Balaban J connectivity index is 1.46. The van der Waals surface area contributed by atoms with Crippen LogP contribution in [0.4, 0.5) is 5.69 Å². The summed E-state index contributed by atoms with van der Waals surface area (Å²) in [7, 11) is 0. The lowest BCUT2D eigenvalue weighted by Gasteiger charge is -2.06. The molecular weight excluding hydrogens is 394 g/mol. The van der Waals surface area contributed by atoms with E-state index in [9.17, 15) is 4.79 Å². The zero-order valence-electron chi connectivity index (χ0n) is 17.0. The average molecular weight is 418 g/mol. The number of anilines is 1. The molecule has 0 aliphatic heterocycles. The first kappa shape index (κ1) is 20.1. The highest BCUT2D eigenvalue weighted by molar-refractivity contribution is 7.99. The van der Waals surface area contributed by atoms with Crippen LogP contribution in [0, 0.1) is 0 Å². The second-order valence-electron chi connectivity index (χ2n) is 6.91. The van der Waals surface area contributed by atoms with Crippen molar-refractivity contribution in [3.05, 3.63) is 71.8 Å². The SMILES string of the molecule is CCc1ccc(NC(=O)CSc2nnc3ccc(-c4ccc(CC)cc4)nn23)cc1. The first-order chi connectivity index (χ1) is 14.7. The smallest absolute Gasteiger partial charge is 0.234 e. The van der Waals surface area contributed by atoms with Crippen LogP contribution in [-0.4, -0.2) is 31.5 Å². The number of nitrogens with one attached hydrogen (secondary N) is 1. The van der Waals surface area contributed by atoms with Crippen LogP contribution in [0.15, 0.2) is 65.8 Å². The number of carbonyl (C=O) groups is 1. The standard InChI is InChI=1S/C23H23N5OS/c1-3-16-5-9-18(10-6-16)20-13-14-21-25-26-23(28(21)27-20)30-15-22(29)24-19-11-7-17(4-2)8-12-19/h5-14H,3-4,15H2,1-2H3,(H,24,29). The van der Waals surface area contributed by atoms with Crippen molar-refractivity contribution in [1.29, 1.82) is 0 Å². The second kappa shape index (κ2) is 9.09. The number of benzene rings is 2. The van der Waals surface area contributed by atoms with E-state index >= 15 is 0 Å². The van der Waals surface area contributed by atoms with E-state index in [1.165, 1.54) is 22.9 Å². The Morgan fingerprint density at radius 1 is 0.900 bits per heavy atom. The molecule has 4 rings (SSSR count). The lowest BCUT2D eigenvalue weighted by atomic mass is 10.1. The van der Waals surface area contributed by atoms with Crippen molar-refractivity contribution in [2.75, 3.05) is 11.1 Å². The molecule has 30 heavy (non-hydrogen) atoms. The van der Waals surface area contributed by atoms with Crippen molar-refractivity contribution in [2.24, 2.45) is 0 Å². The lowest BCUT2D eigenvalue weighted by Crippen LogP contribution is -2.14. The van der Waals surface area contributed by atoms with Gasteiger partial charge in [-0.1, -0.05) is 62.0 Å². The van der Waals surface area contributed by atoms with Gasteiger partial charge in [-0.2, -0.15) is 9.61 Å². The van der Waals surface area contributed by atoms with Crippen LogP contribution in [0.25, 0.3) is 16.9 Å². The van der Waals surface area contributed by atoms with E-state index < -0.39 is 0 Å². The molecule has 1 N–H and O–H groups in total. The molecule has 0 radical (unpaired) electrons. The number of thioether (sulfide) groups is 1. The van der Waals surface area contributed by atoms with Crippen LogP contribution >= 0.6 is 11.8 Å². The Hall–Kier alpha value is -3.19. The third-order valence-electron chi connectivity index (χ3n) is 4.87. The fourth-order valence-electron chi connectivity index (χ4n) is 3.08. The molecule has 4 aromatic rings. The van der Waals surface area contributed by atoms with Gasteiger partial charge in [0.25, 0.3) is 0 Å². The number of aromatic nitrogens is 4. The summed E-state index contributed by atoms with van der Waals surface area (Å²) in [6.07, 6.45) is 1.98. The van der Waals surface area contributed by atoms with E-state index in [1.54, 1.807) is 4.52 Å². The summed E-state index contributed by atoms with van der Waals surface area (Å²) < 4.78 is 1.69. The zero-order valence-corrected chi connectivity index (χ0v) is 17.8. The monoisotopic (exact) mass is 417 g/mol. The maximum atomic E-state index is 12.3. The summed E-state index contributed by atoms with van der Waals surface area (Å²) in [6, 6.07) is 20.1. The molecule has 2 aromatic heterocycles. The summed E-state index contributed by atoms with van der Waals surface area (Å²) >= 11 is 1.32. The van der Waals surface area contributed by atoms with E-state index in [4.69, 9.17) is 0 Å². The molecule has 0 fully saturated rings. The molecule has 7 heteroatoms. The molecule has 0 bridgehead atoms. The number of rotatable bonds is 7. The van der Waals surface area contributed by atoms with Gasteiger partial charge in [-0.15, -0.1) is 10.2 Å². The van der Waals surface area contributed by atoms with E-state index in [0.717, 1.165) is 29.8 Å². The Bertz CT molecular complexity index is 1150. The van der Waals surface area contributed by atoms with Crippen molar-refractivity contribution in [2.45, 2.75) is 31.8 Å². The second-order valence-corrected chi connectivity index (χ2v) is 7.85. The molecular formula is C23H23N5OS. The predicted octanol–water partition coefficient (Wildman–Crippen LogP) is 4.65. The molecule has 0 unspecified atom stereocenters. The molecule has 0 saturated heterocycles. The molecule has 2 aromatic carbocycles. The third-order valence-corrected chi connectivity index (χ3v) is 5.79. The number of hydrogen-bond donors (Lipinski definition) is 1. The Labute approximate surface area is 179 Å². The van der Waals surface area contributed by atoms with Gasteiger partial charge in [0, 0.05) is 11.3 Å². The summed E-state index contributed by atoms with van der Waals surface area (Å²) in [5, 5.41) is 16.5. The van der Waals surface area contributed by atoms with Crippen molar-refractivity contribution >= 4 is 29.0 Å². The van der Waals surface area contributed by atoms with E-state index in [2.05, 4.69) is 58.7 Å². The third kappa shape index (κ3) is 4.52. The molecule has 0 saturated carbocycles. The Morgan fingerprint density at radius 3 is 2.23 bits per heavy atom. The van der Waals surface area contributed by atoms with Gasteiger partial charge in [-0.25, -0.2) is 0 Å². The molecule has 0 spiro atoms. The number of nitrogens with zero attached hydrogens (tertiary/aromatic N) is 4. The van der Waals surface area contributed by atoms with E-state index in [0.29, 0.717) is 10.8 Å². The molecule has 2 heterocycles. The van der Waals surface area contributed by atoms with Gasteiger partial charge in [0.2, 0.25) is 11.1 Å². The highest BCUT2D eigenvalue weighted by atomic mass is 32.2. The Kier molecular flexibility index (Phi) is 6.09. The van der Waals surface area contributed by atoms with Crippen molar-refractivity contribution in [3.8, 4) is 11.3 Å². The van der Waals surface area contributed by atoms with Crippen molar-refractivity contribution in [1.82, 2.24) is 19.8 Å². The molecule has 0 atom stereocenters. The molecule has 0 aliphatic carbocycles. The summed E-state index contributed by atoms with van der Waals surface area (Å²) in [6.45, 7) is 4.24. The fraction of sp³-hybridized carbons (Fsp3) is 0.217. The maximum Gasteiger partial charge on any atom is 0.234 e. The van der Waals surface area contributed by atoms with Gasteiger partial charge in [0.05, 0.1) is 11.4 Å². The van der Waals surface area contributed by atoms with Crippen LogP contribution in [0.5, 0.6) is 0 Å². The maximum absolute atomic E-state index is 12.3. The van der Waals surface area contributed by atoms with Gasteiger partial charge < -0.3 is 5.32 Å². The Morgan fingerprint density at radius 2 is 1.57 bits per heavy atom. The van der Waals surface area contributed by atoms with Crippen molar-refractivity contribution < 1.29 is 4.79 Å². The van der Waals surface area contributed by atoms with Gasteiger partial charge in [0.1, 0.15) is 0 Å². The molecule has 1 amide bonds. The number of amides is 1. The number of aryl methyl sites for hydroxylation is 2. The first-order valence-electron chi connectivity index (χ1n) is 9.99. The largest absolute Gasteiger partial charge is 0.325 e. The van der Waals surface area contributed by atoms with Crippen LogP contribution < -0.4 is 5.32 Å². The quantitative estimate of drug-likeness (QED) is 0.443. The van der Waals surface area contributed by atoms with Crippen molar-refractivity contribution in [3.63, 3.8) is 0 Å². The van der Waals surface area contributed by atoms with Crippen LogP contribution in [0.1, 0.15) is 25.0 Å². The number of carbonyl (C=O) groups excluding carboxylic acids is 1. The topological polar surface area (TPSA) is 72.2 Å². The van der Waals surface area contributed by atoms with Gasteiger partial charge >= 0.3 is 0 Å². The number of hydrogen-bond acceptors (Lipinski definition) is 5. The van der Waals surface area contributed by atoms with Crippen LogP contribution in [0.3, 0.4) is 0 Å². The molecule has 152 valence electrons. The van der Waals surface area contributed by atoms with E-state index in [1.807, 2.05) is 36.4 Å². The zero-order chi connectivity index (χ0) is 20.9. The minimum absolute atomic E-state index is 0.0905. The molecule has 0 aliphatic rings. The lowest BCUT2D eigenvalue weighted by molar-refractivity contribution is -0.113. The van der Waals surface area contributed by atoms with E-state index in [-0.39, 0.29) is 11.7 Å². The van der Waals surface area contributed by atoms with Gasteiger partial charge in [0.15, 0.2) is 5.65 Å². The number of fused-ring (bicyclic) bond motifs is 1. The highest BCUT2D eigenvalue weighted by Crippen LogP contribution is 2.21. The average Bonchev–Trinajstić information content (AvgIpc) is 3.20. The van der Waals surface area contributed by atoms with Gasteiger partial charge in [-0.3, -0.25) is 4.79 Å². The normalized spacial score (nSPS) is 11.0. The summed E-state index contributed by atoms with van der Waals surface area (Å²) in [5.41, 5.74) is 5.85. The minimum Gasteiger partial charge on any atom is -0.325 e. The summed E-state index contributed by atoms with van der Waals surface area (Å²) in [5.74, 6) is 0.139. The van der Waals surface area contributed by atoms with Gasteiger partial charge in [-0.05, 0) is 48.2 Å². The van der Waals surface area contributed by atoms with Crippen LogP contribution in [0.2, 0.25) is 0 Å². The highest BCUT2D eigenvalue weighted by Gasteiger charge is 2.12. The summed E-state index contributed by atoms with van der Waals surface area (Å²) in [4.78, 5) is 12.3.